The normalized spacial score (nSPS) is 12.2. The molecule has 0 saturated carbocycles. The van der Waals surface area contributed by atoms with E-state index in [0.717, 1.165) is 11.8 Å². The van der Waals surface area contributed by atoms with E-state index in [1.54, 1.807) is 19.1 Å². The molecule has 3 heteroatoms. The highest BCUT2D eigenvalue weighted by atomic mass is 19.1. The number of aldehydes is 1. The Morgan fingerprint density at radius 3 is 2.86 bits per heavy atom. The van der Waals surface area contributed by atoms with E-state index >= 15 is 0 Å². The Kier molecular flexibility index (Phi) is 3.63. The van der Waals surface area contributed by atoms with Crippen LogP contribution in [-0.4, -0.2) is 13.4 Å². The minimum absolute atomic E-state index is 0.120. The SMILES string of the molecule is COc1c(F)cccc1CC(C)C=O. The topological polar surface area (TPSA) is 26.3 Å². The Balaban J connectivity index is 2.95. The smallest absolute Gasteiger partial charge is 0.165 e. The van der Waals surface area contributed by atoms with Crippen molar-refractivity contribution in [1.82, 2.24) is 0 Å². The highest BCUT2D eigenvalue weighted by molar-refractivity contribution is 5.54. The second-order valence-electron chi connectivity index (χ2n) is 3.25. The summed E-state index contributed by atoms with van der Waals surface area (Å²) in [6, 6.07) is 4.72. The first-order valence-corrected chi connectivity index (χ1v) is 4.45. The van der Waals surface area contributed by atoms with Gasteiger partial charge in [-0.1, -0.05) is 19.1 Å². The van der Waals surface area contributed by atoms with Gasteiger partial charge in [-0.2, -0.15) is 0 Å². The van der Waals surface area contributed by atoms with Crippen LogP contribution in [0.4, 0.5) is 4.39 Å². The molecular weight excluding hydrogens is 183 g/mol. The molecule has 1 rings (SSSR count). The summed E-state index contributed by atoms with van der Waals surface area (Å²) in [7, 11) is 1.42. The molecular formula is C11H13FO2. The summed E-state index contributed by atoms with van der Waals surface area (Å²) < 4.78 is 18.1. The molecule has 0 saturated heterocycles. The number of hydrogen-bond donors (Lipinski definition) is 0. The minimum atomic E-state index is -0.386. The van der Waals surface area contributed by atoms with E-state index in [-0.39, 0.29) is 17.5 Å². The predicted molar refractivity (Wildman–Crippen MR) is 51.9 cm³/mol. The maximum absolute atomic E-state index is 13.2. The van der Waals surface area contributed by atoms with Gasteiger partial charge in [0.05, 0.1) is 7.11 Å². The summed E-state index contributed by atoms with van der Waals surface area (Å²) in [4.78, 5) is 10.5. The van der Waals surface area contributed by atoms with Crippen molar-refractivity contribution in [2.24, 2.45) is 5.92 Å². The highest BCUT2D eigenvalue weighted by Crippen LogP contribution is 2.24. The summed E-state index contributed by atoms with van der Waals surface area (Å²) in [5.41, 5.74) is 0.729. The molecule has 0 aromatic heterocycles. The summed E-state index contributed by atoms with van der Waals surface area (Å²) in [6.07, 6.45) is 1.36. The molecule has 0 aliphatic heterocycles. The molecule has 0 aliphatic rings. The van der Waals surface area contributed by atoms with E-state index in [9.17, 15) is 9.18 Å². The Bertz CT molecular complexity index is 323. The first kappa shape index (κ1) is 10.7. The lowest BCUT2D eigenvalue weighted by Gasteiger charge is -2.10. The molecule has 1 aromatic rings. The third kappa shape index (κ3) is 2.31. The molecule has 0 bridgehead atoms. The number of benzene rings is 1. The number of methoxy groups -OCH3 is 1. The third-order valence-electron chi connectivity index (χ3n) is 2.03. The van der Waals surface area contributed by atoms with Gasteiger partial charge in [0.25, 0.3) is 0 Å². The summed E-state index contributed by atoms with van der Waals surface area (Å²) in [6.45, 7) is 1.79. The van der Waals surface area contributed by atoms with Crippen molar-refractivity contribution >= 4 is 6.29 Å². The van der Waals surface area contributed by atoms with E-state index in [1.165, 1.54) is 13.2 Å². The summed E-state index contributed by atoms with van der Waals surface area (Å²) >= 11 is 0. The Morgan fingerprint density at radius 2 is 2.29 bits per heavy atom. The van der Waals surface area contributed by atoms with Crippen LogP contribution in [0, 0.1) is 11.7 Å². The first-order valence-electron chi connectivity index (χ1n) is 4.45. The molecule has 0 radical (unpaired) electrons. The number of carbonyl (C=O) groups is 1. The van der Waals surface area contributed by atoms with Crippen molar-refractivity contribution in [1.29, 1.82) is 0 Å². The number of hydrogen-bond acceptors (Lipinski definition) is 2. The maximum Gasteiger partial charge on any atom is 0.165 e. The van der Waals surface area contributed by atoms with Crippen LogP contribution in [0.25, 0.3) is 0 Å². The Labute approximate surface area is 82.7 Å². The van der Waals surface area contributed by atoms with Gasteiger partial charge in [0.2, 0.25) is 0 Å². The number of para-hydroxylation sites is 1. The monoisotopic (exact) mass is 196 g/mol. The zero-order chi connectivity index (χ0) is 10.6. The van der Waals surface area contributed by atoms with Crippen LogP contribution in [-0.2, 0) is 11.2 Å². The summed E-state index contributed by atoms with van der Waals surface area (Å²) in [5.74, 6) is -0.269. The average molecular weight is 196 g/mol. The van der Waals surface area contributed by atoms with Gasteiger partial charge < -0.3 is 9.53 Å². The van der Waals surface area contributed by atoms with E-state index in [0.29, 0.717) is 6.42 Å². The predicted octanol–water partition coefficient (Wildman–Crippen LogP) is 2.21. The molecule has 2 nitrogen and oxygen atoms in total. The van der Waals surface area contributed by atoms with Gasteiger partial charge in [-0.05, 0) is 18.1 Å². The van der Waals surface area contributed by atoms with Crippen molar-refractivity contribution in [3.05, 3.63) is 29.6 Å². The molecule has 14 heavy (non-hydrogen) atoms. The quantitative estimate of drug-likeness (QED) is 0.690. The van der Waals surface area contributed by atoms with Crippen molar-refractivity contribution < 1.29 is 13.9 Å². The molecule has 0 spiro atoms. The van der Waals surface area contributed by atoms with Crippen molar-refractivity contribution in [2.45, 2.75) is 13.3 Å². The van der Waals surface area contributed by atoms with Crippen molar-refractivity contribution in [3.63, 3.8) is 0 Å². The number of rotatable bonds is 4. The van der Waals surface area contributed by atoms with Gasteiger partial charge in [-0.3, -0.25) is 0 Å². The average Bonchev–Trinajstić information content (AvgIpc) is 2.18. The standard InChI is InChI=1S/C11H13FO2/c1-8(7-13)6-9-4-3-5-10(12)11(9)14-2/h3-5,7-8H,6H2,1-2H3. The van der Waals surface area contributed by atoms with E-state index in [4.69, 9.17) is 4.74 Å². The number of ether oxygens (including phenoxy) is 1. The van der Waals surface area contributed by atoms with Crippen LogP contribution in [0.5, 0.6) is 5.75 Å². The molecule has 0 fully saturated rings. The molecule has 0 amide bonds. The fourth-order valence-electron chi connectivity index (χ4n) is 1.34. The zero-order valence-electron chi connectivity index (χ0n) is 8.29. The van der Waals surface area contributed by atoms with Crippen molar-refractivity contribution in [2.75, 3.05) is 7.11 Å². The fraction of sp³-hybridized carbons (Fsp3) is 0.364. The van der Waals surface area contributed by atoms with Gasteiger partial charge in [0.1, 0.15) is 6.29 Å². The van der Waals surface area contributed by atoms with Gasteiger partial charge >= 0.3 is 0 Å². The number of halogens is 1. The molecule has 0 aliphatic carbocycles. The Hall–Kier alpha value is -1.38. The van der Waals surface area contributed by atoms with Gasteiger partial charge in [-0.15, -0.1) is 0 Å². The minimum Gasteiger partial charge on any atom is -0.493 e. The zero-order valence-corrected chi connectivity index (χ0v) is 8.29. The highest BCUT2D eigenvalue weighted by Gasteiger charge is 2.10. The van der Waals surface area contributed by atoms with Crippen LogP contribution in [0.1, 0.15) is 12.5 Å². The van der Waals surface area contributed by atoms with E-state index in [2.05, 4.69) is 0 Å². The van der Waals surface area contributed by atoms with Crippen LogP contribution < -0.4 is 4.74 Å². The van der Waals surface area contributed by atoms with E-state index < -0.39 is 0 Å². The molecule has 0 heterocycles. The van der Waals surface area contributed by atoms with Gasteiger partial charge in [-0.25, -0.2) is 4.39 Å². The van der Waals surface area contributed by atoms with Gasteiger partial charge in [0, 0.05) is 5.92 Å². The van der Waals surface area contributed by atoms with Crippen LogP contribution in [0.15, 0.2) is 18.2 Å². The largest absolute Gasteiger partial charge is 0.493 e. The van der Waals surface area contributed by atoms with Crippen molar-refractivity contribution in [3.8, 4) is 5.75 Å². The second kappa shape index (κ2) is 4.74. The lowest BCUT2D eigenvalue weighted by atomic mass is 10.0. The molecule has 76 valence electrons. The molecule has 1 unspecified atom stereocenters. The van der Waals surface area contributed by atoms with Crippen LogP contribution in [0.3, 0.4) is 0 Å². The summed E-state index contributed by atoms with van der Waals surface area (Å²) in [5, 5.41) is 0. The Morgan fingerprint density at radius 1 is 1.57 bits per heavy atom. The second-order valence-corrected chi connectivity index (χ2v) is 3.25. The maximum atomic E-state index is 13.2. The van der Waals surface area contributed by atoms with Gasteiger partial charge in [0.15, 0.2) is 11.6 Å². The molecule has 1 atom stereocenters. The lowest BCUT2D eigenvalue weighted by molar-refractivity contribution is -0.110. The van der Waals surface area contributed by atoms with Crippen LogP contribution in [0.2, 0.25) is 0 Å². The fourth-order valence-corrected chi connectivity index (χ4v) is 1.34. The van der Waals surface area contributed by atoms with Crippen LogP contribution >= 0.6 is 0 Å². The number of carbonyl (C=O) groups excluding carboxylic acids is 1. The first-order chi connectivity index (χ1) is 6.69. The molecule has 1 aromatic carbocycles. The third-order valence-corrected chi connectivity index (χ3v) is 2.03. The van der Waals surface area contributed by atoms with E-state index in [1.807, 2.05) is 0 Å². The lowest BCUT2D eigenvalue weighted by Crippen LogP contribution is -2.03. The molecule has 0 N–H and O–H groups in total.